The fourth-order valence-corrected chi connectivity index (χ4v) is 4.94. The van der Waals surface area contributed by atoms with Crippen molar-refractivity contribution in [1.29, 1.82) is 0 Å². The molecule has 4 unspecified atom stereocenters. The summed E-state index contributed by atoms with van der Waals surface area (Å²) < 4.78 is 43.5. The Morgan fingerprint density at radius 3 is 1.07 bits per heavy atom. The van der Waals surface area contributed by atoms with Crippen molar-refractivity contribution in [2.24, 2.45) is 0 Å². The number of hydrogen-bond donors (Lipinski definition) is 2. The zero-order valence-electron chi connectivity index (χ0n) is 28.5. The molecule has 0 spiro atoms. The number of esters is 2. The Balaban J connectivity index is 0.0000101. The second kappa shape index (κ2) is 21.5. The minimum Gasteiger partial charge on any atom is -1.00 e. The molecule has 0 amide bonds. The molecule has 0 saturated carbocycles. The number of halogens is 2. The van der Waals surface area contributed by atoms with Gasteiger partial charge < -0.3 is 72.5 Å². The van der Waals surface area contributed by atoms with E-state index in [1.165, 1.54) is 52.5 Å². The predicted octanol–water partition coefficient (Wildman–Crippen LogP) is -4.65. The molecule has 2 aromatic rings. The Morgan fingerprint density at radius 1 is 0.565 bits per heavy atom. The first-order valence-electron chi connectivity index (χ1n) is 14.7. The van der Waals surface area contributed by atoms with Crippen LogP contribution in [0.4, 0.5) is 0 Å². The van der Waals surface area contributed by atoms with E-state index in [0.29, 0.717) is 45.6 Å². The molecule has 0 radical (unpaired) electrons. The van der Waals surface area contributed by atoms with Crippen molar-refractivity contribution in [1.82, 2.24) is 0 Å². The van der Waals surface area contributed by atoms with E-state index >= 15 is 0 Å². The molecule has 46 heavy (non-hydrogen) atoms. The van der Waals surface area contributed by atoms with Crippen LogP contribution in [-0.4, -0.2) is 107 Å². The summed E-state index contributed by atoms with van der Waals surface area (Å²) in [6.07, 6.45) is 1.66. The minimum absolute atomic E-state index is 0. The molecule has 0 aliphatic heterocycles. The molecule has 0 fully saturated rings. The quantitative estimate of drug-likeness (QED) is 0.139. The third-order valence-electron chi connectivity index (χ3n) is 7.93. The molecular formula is C32H50Cl2N2O10. The van der Waals surface area contributed by atoms with Gasteiger partial charge in [-0.05, 0) is 37.1 Å². The number of carbonyl (C=O) groups excluding carboxylic acids is 2. The van der Waals surface area contributed by atoms with Gasteiger partial charge in [0.2, 0.25) is 11.5 Å². The van der Waals surface area contributed by atoms with Gasteiger partial charge in [-0.25, -0.2) is 9.59 Å². The van der Waals surface area contributed by atoms with Gasteiger partial charge in [-0.3, -0.25) is 0 Å². The zero-order chi connectivity index (χ0) is 32.8. The van der Waals surface area contributed by atoms with Crippen molar-refractivity contribution in [3.8, 4) is 34.5 Å². The summed E-state index contributed by atoms with van der Waals surface area (Å²) in [6.45, 7) is 6.36. The van der Waals surface area contributed by atoms with Gasteiger partial charge in [0.1, 0.15) is 38.4 Å². The Morgan fingerprint density at radius 2 is 0.848 bits per heavy atom. The van der Waals surface area contributed by atoms with Crippen LogP contribution in [-0.2, 0) is 9.47 Å². The van der Waals surface area contributed by atoms with Gasteiger partial charge in [-0.1, -0.05) is 13.8 Å². The van der Waals surface area contributed by atoms with E-state index < -0.39 is 11.9 Å². The van der Waals surface area contributed by atoms with Gasteiger partial charge in [-0.15, -0.1) is 0 Å². The van der Waals surface area contributed by atoms with Crippen LogP contribution in [0.5, 0.6) is 34.5 Å². The molecule has 262 valence electrons. The van der Waals surface area contributed by atoms with Gasteiger partial charge in [0.25, 0.3) is 0 Å². The largest absolute Gasteiger partial charge is 1.00 e. The van der Waals surface area contributed by atoms with Crippen molar-refractivity contribution in [3.63, 3.8) is 0 Å². The fraction of sp³-hybridized carbons (Fsp3) is 0.562. The molecule has 12 nitrogen and oxygen atoms in total. The minimum atomic E-state index is -0.460. The van der Waals surface area contributed by atoms with Crippen LogP contribution in [0.25, 0.3) is 0 Å². The highest BCUT2D eigenvalue weighted by Crippen LogP contribution is 2.39. The number of carbonyl (C=O) groups is 2. The lowest BCUT2D eigenvalue weighted by Crippen LogP contribution is -3.21. The molecule has 0 heterocycles. The summed E-state index contributed by atoms with van der Waals surface area (Å²) in [5.74, 6) is 1.46. The summed E-state index contributed by atoms with van der Waals surface area (Å²) in [5.41, 5.74) is 0.645. The molecule has 0 bridgehead atoms. The maximum absolute atomic E-state index is 12.9. The number of nitrogens with one attached hydrogen (secondary N) is 2. The third-order valence-corrected chi connectivity index (χ3v) is 7.93. The van der Waals surface area contributed by atoms with Crippen LogP contribution in [0.2, 0.25) is 0 Å². The molecule has 14 heteroatoms. The van der Waals surface area contributed by atoms with Crippen molar-refractivity contribution in [2.75, 3.05) is 83.1 Å². The fourth-order valence-electron chi connectivity index (χ4n) is 4.94. The highest BCUT2D eigenvalue weighted by Gasteiger charge is 2.26. The van der Waals surface area contributed by atoms with Crippen molar-refractivity contribution in [2.45, 2.75) is 38.8 Å². The van der Waals surface area contributed by atoms with E-state index in [0.717, 1.165) is 25.9 Å². The van der Waals surface area contributed by atoms with E-state index in [1.807, 2.05) is 0 Å². The van der Waals surface area contributed by atoms with Crippen LogP contribution in [0.1, 0.15) is 47.4 Å². The Kier molecular flexibility index (Phi) is 19.9. The maximum atomic E-state index is 12.9. The molecule has 2 N–H and O–H groups in total. The topological polar surface area (TPSA) is 117 Å². The summed E-state index contributed by atoms with van der Waals surface area (Å²) in [5, 5.41) is 0. The Labute approximate surface area is 285 Å². The lowest BCUT2D eigenvalue weighted by Gasteiger charge is -2.28. The SMILES string of the molecule is CCC(COC(=O)c1cc(OC)c(OC)c(OC)c1)[NH+](C)CC[NH+](C)C(CC)COC(=O)c1cc(OC)c(OC)c(OC)c1.[Cl-].[Cl-]. The van der Waals surface area contributed by atoms with Gasteiger partial charge in [0.05, 0.1) is 67.9 Å². The number of quaternary nitrogens is 2. The van der Waals surface area contributed by atoms with Crippen LogP contribution >= 0.6 is 0 Å². The predicted molar refractivity (Wildman–Crippen MR) is 164 cm³/mol. The summed E-state index contributed by atoms with van der Waals surface area (Å²) >= 11 is 0. The normalized spacial score (nSPS) is 13.0. The molecule has 0 aliphatic carbocycles. The second-order valence-electron chi connectivity index (χ2n) is 10.4. The number of benzene rings is 2. The van der Waals surface area contributed by atoms with Gasteiger partial charge >= 0.3 is 11.9 Å². The first-order valence-corrected chi connectivity index (χ1v) is 14.7. The highest BCUT2D eigenvalue weighted by atomic mass is 35.5. The van der Waals surface area contributed by atoms with E-state index in [-0.39, 0.29) is 50.1 Å². The smallest absolute Gasteiger partial charge is 0.338 e. The number of likely N-dealkylation sites (N-methyl/N-ethyl adjacent to an activating group) is 2. The van der Waals surface area contributed by atoms with Crippen LogP contribution in [0.15, 0.2) is 24.3 Å². The van der Waals surface area contributed by atoms with Gasteiger partial charge in [0, 0.05) is 0 Å². The van der Waals surface area contributed by atoms with E-state index in [4.69, 9.17) is 37.9 Å². The summed E-state index contributed by atoms with van der Waals surface area (Å²) in [6, 6.07) is 6.54. The summed E-state index contributed by atoms with van der Waals surface area (Å²) in [7, 11) is 13.2. The third kappa shape index (κ3) is 11.2. The van der Waals surface area contributed by atoms with Crippen molar-refractivity contribution >= 4 is 11.9 Å². The number of ether oxygens (including phenoxy) is 8. The molecule has 0 aliphatic rings. The molecule has 4 atom stereocenters. The van der Waals surface area contributed by atoms with Crippen molar-refractivity contribution in [3.05, 3.63) is 35.4 Å². The average Bonchev–Trinajstić information content (AvgIpc) is 3.05. The average molecular weight is 694 g/mol. The highest BCUT2D eigenvalue weighted by molar-refractivity contribution is 5.91. The number of rotatable bonds is 19. The molecular weight excluding hydrogens is 643 g/mol. The monoisotopic (exact) mass is 692 g/mol. The van der Waals surface area contributed by atoms with Gasteiger partial charge in [-0.2, -0.15) is 0 Å². The molecule has 2 aromatic carbocycles. The lowest BCUT2D eigenvalue weighted by molar-refractivity contribution is -0.963. The first kappa shape index (κ1) is 42.7. The second-order valence-corrected chi connectivity index (χ2v) is 10.4. The van der Waals surface area contributed by atoms with E-state index in [2.05, 4.69) is 27.9 Å². The van der Waals surface area contributed by atoms with E-state index in [1.54, 1.807) is 24.3 Å². The Bertz CT molecular complexity index is 1090. The van der Waals surface area contributed by atoms with Crippen LogP contribution < -0.4 is 63.0 Å². The van der Waals surface area contributed by atoms with Crippen LogP contribution in [0.3, 0.4) is 0 Å². The first-order chi connectivity index (χ1) is 21.1. The molecule has 2 rings (SSSR count). The summed E-state index contributed by atoms with van der Waals surface area (Å²) in [4.78, 5) is 28.3. The Hall–Kier alpha value is -3.32. The zero-order valence-corrected chi connectivity index (χ0v) is 30.1. The number of hydrogen-bond acceptors (Lipinski definition) is 10. The molecule has 0 aromatic heterocycles. The van der Waals surface area contributed by atoms with Gasteiger partial charge in [0.15, 0.2) is 23.0 Å². The maximum Gasteiger partial charge on any atom is 0.338 e. The molecule has 0 saturated heterocycles. The van der Waals surface area contributed by atoms with E-state index in [9.17, 15) is 9.59 Å². The van der Waals surface area contributed by atoms with Crippen LogP contribution in [0, 0.1) is 0 Å². The lowest BCUT2D eigenvalue weighted by atomic mass is 10.1. The standard InChI is InChI=1S/C32H48N2O10.2ClH/c1-11-23(19-43-31(35)21-15-25(37-5)29(41-9)26(16-21)38-6)33(3)13-14-34(4)24(12-2)20-44-32(36)22-17-27(39-7)30(42-10)28(18-22)40-8;;/h15-18,23-24H,11-14,19-20H2,1-10H3;2*1H. The van der Waals surface area contributed by atoms with Crippen molar-refractivity contribution < 1.29 is 82.1 Å². The number of methoxy groups -OCH3 is 6.